The molecule has 5 N–H and O–H groups in total. The number of hydrogen-bond donors (Lipinski definition) is 4. The van der Waals surface area contributed by atoms with E-state index < -0.39 is 6.04 Å². The number of fused-ring (bicyclic) bond motifs is 1. The molecule has 0 bridgehead atoms. The number of aryl methyl sites for hydroxylation is 1. The topological polar surface area (TPSA) is 96.2 Å². The van der Waals surface area contributed by atoms with Gasteiger partial charge in [0, 0.05) is 18.2 Å². The fourth-order valence-electron chi connectivity index (χ4n) is 2.28. The number of carbonyl (C=O) groups is 2. The van der Waals surface area contributed by atoms with Crippen molar-refractivity contribution < 1.29 is 9.59 Å². The predicted octanol–water partition coefficient (Wildman–Crippen LogP) is 1.48. The Kier molecular flexibility index (Phi) is 4.35. The average molecular weight is 290 g/mol. The lowest BCUT2D eigenvalue weighted by molar-refractivity contribution is -0.122. The van der Waals surface area contributed by atoms with E-state index in [1.165, 1.54) is 0 Å². The van der Waals surface area contributed by atoms with E-state index >= 15 is 0 Å². The molecule has 1 aliphatic rings. The fourth-order valence-corrected chi connectivity index (χ4v) is 2.28. The number of anilines is 3. The van der Waals surface area contributed by atoms with Crippen LogP contribution in [0.15, 0.2) is 12.1 Å². The van der Waals surface area contributed by atoms with Gasteiger partial charge < -0.3 is 21.7 Å². The Morgan fingerprint density at radius 2 is 2.00 bits per heavy atom. The van der Waals surface area contributed by atoms with Crippen molar-refractivity contribution in [3.8, 4) is 0 Å². The molecule has 1 aromatic rings. The molecule has 1 heterocycles. The van der Waals surface area contributed by atoms with Crippen LogP contribution in [0.4, 0.5) is 17.1 Å². The molecule has 0 spiro atoms. The summed E-state index contributed by atoms with van der Waals surface area (Å²) in [7, 11) is 0. The number of nitrogens with two attached hydrogens (primary N) is 1. The zero-order valence-corrected chi connectivity index (χ0v) is 12.6. The van der Waals surface area contributed by atoms with E-state index in [2.05, 4.69) is 16.0 Å². The Morgan fingerprint density at radius 3 is 2.67 bits per heavy atom. The first-order chi connectivity index (χ1) is 9.86. The maximum Gasteiger partial charge on any atom is 0.242 e. The summed E-state index contributed by atoms with van der Waals surface area (Å²) >= 11 is 0. The van der Waals surface area contributed by atoms with Gasteiger partial charge in [-0.3, -0.25) is 9.59 Å². The van der Waals surface area contributed by atoms with Gasteiger partial charge in [-0.2, -0.15) is 0 Å². The summed E-state index contributed by atoms with van der Waals surface area (Å²) < 4.78 is 0. The first-order valence-corrected chi connectivity index (χ1v) is 7.16. The monoisotopic (exact) mass is 290 g/mol. The lowest BCUT2D eigenvalue weighted by Gasteiger charge is -2.22. The third-order valence-corrected chi connectivity index (χ3v) is 3.37. The summed E-state index contributed by atoms with van der Waals surface area (Å²) in [5.41, 5.74) is 9.04. The highest BCUT2D eigenvalue weighted by atomic mass is 16.2. The van der Waals surface area contributed by atoms with Crippen molar-refractivity contribution in [1.82, 2.24) is 5.32 Å². The summed E-state index contributed by atoms with van der Waals surface area (Å²) in [6.07, 6.45) is 1.17. The van der Waals surface area contributed by atoms with Crippen molar-refractivity contribution >= 4 is 28.9 Å². The van der Waals surface area contributed by atoms with Crippen LogP contribution in [0.3, 0.4) is 0 Å². The molecular weight excluding hydrogens is 268 g/mol. The SMILES string of the molecule is CC(C)NC(=O)C(C)Nc1cc2c(cc1N)CCC(=O)N2. The van der Waals surface area contributed by atoms with E-state index in [0.717, 1.165) is 11.3 Å². The number of nitrogens with one attached hydrogen (secondary N) is 3. The Hall–Kier alpha value is -2.24. The maximum atomic E-state index is 11.9. The molecule has 0 aliphatic carbocycles. The molecule has 0 saturated carbocycles. The molecule has 1 atom stereocenters. The van der Waals surface area contributed by atoms with Crippen molar-refractivity contribution in [3.05, 3.63) is 17.7 Å². The molecule has 1 aliphatic heterocycles. The molecule has 2 rings (SSSR count). The second kappa shape index (κ2) is 6.03. The van der Waals surface area contributed by atoms with E-state index in [-0.39, 0.29) is 17.9 Å². The smallest absolute Gasteiger partial charge is 0.242 e. The second-order valence-electron chi connectivity index (χ2n) is 5.67. The lowest BCUT2D eigenvalue weighted by atomic mass is 10.0. The maximum absolute atomic E-state index is 11.9. The minimum atomic E-state index is -0.410. The van der Waals surface area contributed by atoms with Crippen molar-refractivity contribution in [2.24, 2.45) is 0 Å². The zero-order valence-electron chi connectivity index (χ0n) is 12.6. The summed E-state index contributed by atoms with van der Waals surface area (Å²) in [6, 6.07) is 3.32. The number of nitrogen functional groups attached to an aromatic ring is 1. The van der Waals surface area contributed by atoms with Crippen LogP contribution in [0.5, 0.6) is 0 Å². The van der Waals surface area contributed by atoms with Gasteiger partial charge in [0.25, 0.3) is 0 Å². The first-order valence-electron chi connectivity index (χ1n) is 7.16. The zero-order chi connectivity index (χ0) is 15.6. The Labute approximate surface area is 124 Å². The Morgan fingerprint density at radius 1 is 1.29 bits per heavy atom. The molecule has 2 amide bonds. The second-order valence-corrected chi connectivity index (χ2v) is 5.67. The summed E-state index contributed by atoms with van der Waals surface area (Å²) in [4.78, 5) is 23.4. The first kappa shape index (κ1) is 15.2. The molecule has 1 aromatic carbocycles. The standard InChI is InChI=1S/C15H22N4O2/c1-8(2)17-15(21)9(3)18-13-7-12-10(6-11(13)16)4-5-14(20)19-12/h6-9,18H,4-5,16H2,1-3H3,(H,17,21)(H,19,20). The molecule has 0 radical (unpaired) electrons. The van der Waals surface area contributed by atoms with Crippen molar-refractivity contribution in [2.45, 2.75) is 45.7 Å². The van der Waals surface area contributed by atoms with E-state index in [0.29, 0.717) is 24.2 Å². The summed E-state index contributed by atoms with van der Waals surface area (Å²) in [5.74, 6) is -0.0880. The van der Waals surface area contributed by atoms with E-state index in [9.17, 15) is 9.59 Å². The van der Waals surface area contributed by atoms with Gasteiger partial charge in [0.15, 0.2) is 0 Å². The minimum Gasteiger partial charge on any atom is -0.397 e. The Bertz CT molecular complexity index is 569. The molecular formula is C15H22N4O2. The van der Waals surface area contributed by atoms with Crippen molar-refractivity contribution in [3.63, 3.8) is 0 Å². The van der Waals surface area contributed by atoms with Gasteiger partial charge in [-0.15, -0.1) is 0 Å². The molecule has 0 aromatic heterocycles. The third kappa shape index (κ3) is 3.65. The third-order valence-electron chi connectivity index (χ3n) is 3.37. The van der Waals surface area contributed by atoms with Crippen LogP contribution in [0.1, 0.15) is 32.8 Å². The quantitative estimate of drug-likeness (QED) is 0.631. The summed E-state index contributed by atoms with van der Waals surface area (Å²) in [6.45, 7) is 5.59. The molecule has 114 valence electrons. The number of benzene rings is 1. The van der Waals surface area contributed by atoms with Crippen LogP contribution in [-0.2, 0) is 16.0 Å². The van der Waals surface area contributed by atoms with Gasteiger partial charge in [-0.05, 0) is 44.9 Å². The number of hydrogen-bond acceptors (Lipinski definition) is 4. The normalized spacial score (nSPS) is 15.1. The minimum absolute atomic E-state index is 0.00354. The highest BCUT2D eigenvalue weighted by Crippen LogP contribution is 2.31. The highest BCUT2D eigenvalue weighted by molar-refractivity contribution is 5.96. The predicted molar refractivity (Wildman–Crippen MR) is 84.2 cm³/mol. The fraction of sp³-hybridized carbons (Fsp3) is 0.467. The van der Waals surface area contributed by atoms with E-state index in [4.69, 9.17) is 5.73 Å². The molecule has 1 unspecified atom stereocenters. The average Bonchev–Trinajstić information content (AvgIpc) is 2.39. The van der Waals surface area contributed by atoms with E-state index in [1.54, 1.807) is 13.0 Å². The largest absolute Gasteiger partial charge is 0.397 e. The number of amides is 2. The van der Waals surface area contributed by atoms with Gasteiger partial charge in [-0.1, -0.05) is 0 Å². The lowest BCUT2D eigenvalue weighted by Crippen LogP contribution is -2.41. The van der Waals surface area contributed by atoms with Crippen molar-refractivity contribution in [2.75, 3.05) is 16.4 Å². The molecule has 0 saturated heterocycles. The van der Waals surface area contributed by atoms with Crippen LogP contribution in [0.25, 0.3) is 0 Å². The van der Waals surface area contributed by atoms with Gasteiger partial charge in [0.05, 0.1) is 11.4 Å². The molecule has 21 heavy (non-hydrogen) atoms. The van der Waals surface area contributed by atoms with Crippen molar-refractivity contribution in [1.29, 1.82) is 0 Å². The van der Waals surface area contributed by atoms with Crippen LogP contribution >= 0.6 is 0 Å². The van der Waals surface area contributed by atoms with Gasteiger partial charge in [-0.25, -0.2) is 0 Å². The molecule has 6 nitrogen and oxygen atoms in total. The van der Waals surface area contributed by atoms with E-state index in [1.807, 2.05) is 19.9 Å². The van der Waals surface area contributed by atoms with Gasteiger partial charge >= 0.3 is 0 Å². The molecule has 0 fully saturated rings. The van der Waals surface area contributed by atoms with Gasteiger partial charge in [0.2, 0.25) is 11.8 Å². The Balaban J connectivity index is 2.15. The number of rotatable bonds is 4. The number of carbonyl (C=O) groups excluding carboxylic acids is 2. The van der Waals surface area contributed by atoms with Crippen LogP contribution in [-0.4, -0.2) is 23.9 Å². The molecule has 6 heteroatoms. The summed E-state index contributed by atoms with van der Waals surface area (Å²) in [5, 5.41) is 8.76. The van der Waals surface area contributed by atoms with Gasteiger partial charge in [0.1, 0.15) is 6.04 Å². The van der Waals surface area contributed by atoms with Crippen LogP contribution in [0.2, 0.25) is 0 Å². The van der Waals surface area contributed by atoms with Crippen LogP contribution in [0, 0.1) is 0 Å². The van der Waals surface area contributed by atoms with Crippen LogP contribution < -0.4 is 21.7 Å². The highest BCUT2D eigenvalue weighted by Gasteiger charge is 2.19.